The first-order chi connectivity index (χ1) is 9.86. The van der Waals surface area contributed by atoms with Crippen LogP contribution in [0.3, 0.4) is 0 Å². The first kappa shape index (κ1) is 12.8. The number of nitrogens with zero attached hydrogens (tertiary/aromatic N) is 4. The van der Waals surface area contributed by atoms with Crippen LogP contribution in [0.4, 0.5) is 0 Å². The van der Waals surface area contributed by atoms with E-state index in [9.17, 15) is 0 Å². The number of aromatic nitrogens is 3. The van der Waals surface area contributed by atoms with Gasteiger partial charge in [-0.3, -0.25) is 4.90 Å². The lowest BCUT2D eigenvalue weighted by Gasteiger charge is -2.27. The Morgan fingerprint density at radius 2 is 2.20 bits per heavy atom. The van der Waals surface area contributed by atoms with Crippen molar-refractivity contribution >= 4 is 0 Å². The third-order valence-electron chi connectivity index (χ3n) is 5.52. The lowest BCUT2D eigenvalue weighted by molar-refractivity contribution is 0.202. The molecule has 0 spiro atoms. The number of nitrogens with one attached hydrogen (secondary N) is 1. The number of rotatable bonds is 3. The third kappa shape index (κ3) is 1.99. The molecule has 3 aliphatic heterocycles. The highest BCUT2D eigenvalue weighted by Crippen LogP contribution is 2.35. The molecule has 3 atom stereocenters. The summed E-state index contributed by atoms with van der Waals surface area (Å²) in [5.74, 6) is 4.11. The van der Waals surface area contributed by atoms with Crippen molar-refractivity contribution in [3.05, 3.63) is 11.6 Å². The van der Waals surface area contributed by atoms with Crippen LogP contribution in [0.2, 0.25) is 0 Å². The van der Waals surface area contributed by atoms with E-state index < -0.39 is 0 Å². The minimum atomic E-state index is 0.728. The van der Waals surface area contributed by atoms with Gasteiger partial charge in [-0.05, 0) is 44.2 Å². The van der Waals surface area contributed by atoms with E-state index in [-0.39, 0.29) is 0 Å². The largest absolute Gasteiger partial charge is 0.316 e. The van der Waals surface area contributed by atoms with Gasteiger partial charge in [0.1, 0.15) is 11.6 Å². The fraction of sp³-hybridized carbons (Fsp3) is 0.867. The molecule has 0 bridgehead atoms. The predicted octanol–water partition coefficient (Wildman–Crippen LogP) is 1.04. The second-order valence-electron chi connectivity index (χ2n) is 6.63. The van der Waals surface area contributed by atoms with Crippen LogP contribution in [0.5, 0.6) is 0 Å². The highest BCUT2D eigenvalue weighted by atomic mass is 15.3. The van der Waals surface area contributed by atoms with E-state index in [1.165, 1.54) is 50.5 Å². The van der Waals surface area contributed by atoms with E-state index in [1.807, 2.05) is 0 Å². The molecule has 1 aromatic heterocycles. The van der Waals surface area contributed by atoms with Crippen LogP contribution in [-0.2, 0) is 19.5 Å². The monoisotopic (exact) mass is 275 g/mol. The number of fused-ring (bicyclic) bond motifs is 2. The van der Waals surface area contributed by atoms with Gasteiger partial charge in [0.2, 0.25) is 0 Å². The van der Waals surface area contributed by atoms with Crippen LogP contribution < -0.4 is 5.32 Å². The zero-order valence-electron chi connectivity index (χ0n) is 12.4. The van der Waals surface area contributed by atoms with Crippen molar-refractivity contribution in [2.24, 2.45) is 11.8 Å². The van der Waals surface area contributed by atoms with Gasteiger partial charge in [0.05, 0.1) is 6.54 Å². The lowest BCUT2D eigenvalue weighted by Crippen LogP contribution is -2.35. The molecule has 20 heavy (non-hydrogen) atoms. The Balaban J connectivity index is 1.52. The lowest BCUT2D eigenvalue weighted by atomic mass is 9.93. The Labute approximate surface area is 120 Å². The molecule has 4 heterocycles. The summed E-state index contributed by atoms with van der Waals surface area (Å²) >= 11 is 0. The maximum Gasteiger partial charge on any atom is 0.147 e. The SMILES string of the molecule is CCC1C2CNCC2CN1Cc1nnc2n1CCCC2. The molecule has 1 aromatic rings. The van der Waals surface area contributed by atoms with Crippen molar-refractivity contribution in [2.75, 3.05) is 19.6 Å². The molecule has 4 rings (SSSR count). The summed E-state index contributed by atoms with van der Waals surface area (Å²) in [6.45, 7) is 8.10. The molecule has 0 radical (unpaired) electrons. The molecular formula is C15H25N5. The van der Waals surface area contributed by atoms with Crippen LogP contribution in [0, 0.1) is 11.8 Å². The standard InChI is InChI=1S/C15H25N5/c1-2-13-12-8-16-7-11(12)9-19(13)10-15-18-17-14-5-3-4-6-20(14)15/h11-13,16H,2-10H2,1H3. The van der Waals surface area contributed by atoms with Gasteiger partial charge in [-0.25, -0.2) is 0 Å². The maximum absolute atomic E-state index is 4.48. The summed E-state index contributed by atoms with van der Waals surface area (Å²) < 4.78 is 2.38. The summed E-state index contributed by atoms with van der Waals surface area (Å²) in [7, 11) is 0. The molecule has 5 heteroatoms. The molecule has 1 N–H and O–H groups in total. The Morgan fingerprint density at radius 1 is 1.25 bits per heavy atom. The molecule has 0 saturated carbocycles. The molecule has 2 saturated heterocycles. The summed E-state index contributed by atoms with van der Waals surface area (Å²) in [5.41, 5.74) is 0. The van der Waals surface area contributed by atoms with E-state index >= 15 is 0 Å². The highest BCUT2D eigenvalue weighted by molar-refractivity contribution is 5.03. The molecule has 0 aliphatic carbocycles. The average Bonchev–Trinajstić information content (AvgIpc) is 3.14. The topological polar surface area (TPSA) is 46.0 Å². The normalized spacial score (nSPS) is 33.4. The van der Waals surface area contributed by atoms with Gasteiger partial charge in [-0.1, -0.05) is 6.92 Å². The second-order valence-corrected chi connectivity index (χ2v) is 6.63. The van der Waals surface area contributed by atoms with Crippen LogP contribution in [0.1, 0.15) is 37.8 Å². The van der Waals surface area contributed by atoms with Gasteiger partial charge in [-0.2, -0.15) is 0 Å². The van der Waals surface area contributed by atoms with Crippen LogP contribution in [0.25, 0.3) is 0 Å². The van der Waals surface area contributed by atoms with Crippen molar-refractivity contribution in [1.82, 2.24) is 25.0 Å². The summed E-state index contributed by atoms with van der Waals surface area (Å²) in [5, 5.41) is 12.4. The van der Waals surface area contributed by atoms with E-state index in [0.29, 0.717) is 0 Å². The molecule has 2 fully saturated rings. The van der Waals surface area contributed by atoms with Gasteiger partial charge >= 0.3 is 0 Å². The van der Waals surface area contributed by atoms with Gasteiger partial charge in [0.25, 0.3) is 0 Å². The number of hydrogen-bond donors (Lipinski definition) is 1. The molecule has 0 aromatic carbocycles. The Kier molecular flexibility index (Phi) is 3.27. The number of aryl methyl sites for hydroxylation is 1. The fourth-order valence-electron chi connectivity index (χ4n) is 4.52. The zero-order chi connectivity index (χ0) is 13.5. The third-order valence-corrected chi connectivity index (χ3v) is 5.52. The van der Waals surface area contributed by atoms with Crippen molar-refractivity contribution < 1.29 is 0 Å². The van der Waals surface area contributed by atoms with Crippen molar-refractivity contribution in [3.8, 4) is 0 Å². The molecule has 110 valence electrons. The zero-order valence-corrected chi connectivity index (χ0v) is 12.4. The summed E-state index contributed by atoms with van der Waals surface area (Å²) in [6.07, 6.45) is 4.92. The first-order valence-electron chi connectivity index (χ1n) is 8.22. The molecule has 0 amide bonds. The molecular weight excluding hydrogens is 250 g/mol. The Hall–Kier alpha value is -0.940. The average molecular weight is 275 g/mol. The van der Waals surface area contributed by atoms with Gasteiger partial charge in [0.15, 0.2) is 0 Å². The Morgan fingerprint density at radius 3 is 3.10 bits per heavy atom. The van der Waals surface area contributed by atoms with Gasteiger partial charge < -0.3 is 9.88 Å². The first-order valence-corrected chi connectivity index (χ1v) is 8.22. The minimum absolute atomic E-state index is 0.728. The highest BCUT2D eigenvalue weighted by Gasteiger charge is 2.43. The predicted molar refractivity (Wildman–Crippen MR) is 77.3 cm³/mol. The van der Waals surface area contributed by atoms with Crippen LogP contribution in [-0.4, -0.2) is 45.3 Å². The van der Waals surface area contributed by atoms with E-state index in [0.717, 1.165) is 37.4 Å². The minimum Gasteiger partial charge on any atom is -0.316 e. The smallest absolute Gasteiger partial charge is 0.147 e. The van der Waals surface area contributed by atoms with E-state index in [4.69, 9.17) is 0 Å². The van der Waals surface area contributed by atoms with E-state index in [2.05, 4.69) is 31.9 Å². The van der Waals surface area contributed by atoms with Crippen LogP contribution in [0.15, 0.2) is 0 Å². The summed E-state index contributed by atoms with van der Waals surface area (Å²) in [6, 6.07) is 0.728. The van der Waals surface area contributed by atoms with E-state index in [1.54, 1.807) is 0 Å². The van der Waals surface area contributed by atoms with Gasteiger partial charge in [-0.15, -0.1) is 10.2 Å². The summed E-state index contributed by atoms with van der Waals surface area (Å²) in [4.78, 5) is 2.67. The van der Waals surface area contributed by atoms with Gasteiger partial charge in [0, 0.05) is 25.6 Å². The fourth-order valence-corrected chi connectivity index (χ4v) is 4.52. The van der Waals surface area contributed by atoms with Crippen molar-refractivity contribution in [3.63, 3.8) is 0 Å². The maximum atomic E-state index is 4.48. The van der Waals surface area contributed by atoms with Crippen LogP contribution >= 0.6 is 0 Å². The van der Waals surface area contributed by atoms with Crippen molar-refractivity contribution in [1.29, 1.82) is 0 Å². The molecule has 3 unspecified atom stereocenters. The molecule has 5 nitrogen and oxygen atoms in total. The quantitative estimate of drug-likeness (QED) is 0.895. The Bertz CT molecular complexity index is 483. The second kappa shape index (κ2) is 5.11. The molecule has 3 aliphatic rings. The van der Waals surface area contributed by atoms with Crippen molar-refractivity contribution in [2.45, 2.75) is 51.7 Å². The number of likely N-dealkylation sites (tertiary alicyclic amines) is 1. The number of hydrogen-bond acceptors (Lipinski definition) is 4.